The van der Waals surface area contributed by atoms with Crippen molar-refractivity contribution in [2.75, 3.05) is 20.8 Å². The number of nitrogens with one attached hydrogen (secondary N) is 1. The van der Waals surface area contributed by atoms with Crippen LogP contribution in [-0.2, 0) is 13.0 Å². The number of ether oxygens (including phenoxy) is 2. The van der Waals surface area contributed by atoms with Crippen LogP contribution >= 0.6 is 0 Å². The molecule has 0 amide bonds. The number of halogens is 1. The van der Waals surface area contributed by atoms with Crippen LogP contribution in [0.15, 0.2) is 42.5 Å². The maximum atomic E-state index is 12.8. The number of benzene rings is 2. The Morgan fingerprint density at radius 2 is 1.76 bits per heavy atom. The first-order valence-electron chi connectivity index (χ1n) is 6.89. The zero-order valence-corrected chi connectivity index (χ0v) is 12.4. The summed E-state index contributed by atoms with van der Waals surface area (Å²) in [4.78, 5) is 0. The van der Waals surface area contributed by atoms with Gasteiger partial charge in [0.15, 0.2) is 0 Å². The summed E-state index contributed by atoms with van der Waals surface area (Å²) in [5, 5.41) is 3.36. The van der Waals surface area contributed by atoms with Crippen molar-refractivity contribution < 1.29 is 13.9 Å². The van der Waals surface area contributed by atoms with Crippen LogP contribution in [0.2, 0.25) is 0 Å². The van der Waals surface area contributed by atoms with Gasteiger partial charge in [-0.1, -0.05) is 18.2 Å². The summed E-state index contributed by atoms with van der Waals surface area (Å²) in [6, 6.07) is 12.4. The molecule has 0 aliphatic heterocycles. The van der Waals surface area contributed by atoms with Gasteiger partial charge >= 0.3 is 0 Å². The van der Waals surface area contributed by atoms with Gasteiger partial charge in [0.1, 0.15) is 17.3 Å². The van der Waals surface area contributed by atoms with Gasteiger partial charge in [-0.2, -0.15) is 0 Å². The first kappa shape index (κ1) is 15.3. The first-order valence-corrected chi connectivity index (χ1v) is 6.89. The molecule has 3 nitrogen and oxygen atoms in total. The lowest BCUT2D eigenvalue weighted by Crippen LogP contribution is -2.17. The average molecular weight is 289 g/mol. The maximum Gasteiger partial charge on any atom is 0.127 e. The van der Waals surface area contributed by atoms with E-state index in [-0.39, 0.29) is 5.82 Å². The van der Waals surface area contributed by atoms with Gasteiger partial charge in [-0.25, -0.2) is 4.39 Å². The smallest absolute Gasteiger partial charge is 0.127 e. The molecule has 2 rings (SSSR count). The van der Waals surface area contributed by atoms with E-state index in [4.69, 9.17) is 9.47 Å². The third kappa shape index (κ3) is 4.46. The second-order valence-corrected chi connectivity index (χ2v) is 4.73. The van der Waals surface area contributed by atoms with Crippen LogP contribution in [0.3, 0.4) is 0 Å². The van der Waals surface area contributed by atoms with E-state index in [2.05, 4.69) is 5.32 Å². The van der Waals surface area contributed by atoms with E-state index in [1.165, 1.54) is 12.1 Å². The average Bonchev–Trinajstić information content (AvgIpc) is 2.53. The number of hydrogen-bond acceptors (Lipinski definition) is 3. The van der Waals surface area contributed by atoms with Crippen LogP contribution in [-0.4, -0.2) is 20.8 Å². The third-order valence-corrected chi connectivity index (χ3v) is 3.31. The summed E-state index contributed by atoms with van der Waals surface area (Å²) >= 11 is 0. The Labute approximate surface area is 124 Å². The molecule has 0 aliphatic carbocycles. The Morgan fingerprint density at radius 1 is 1.00 bits per heavy atom. The monoisotopic (exact) mass is 289 g/mol. The van der Waals surface area contributed by atoms with Crippen LogP contribution in [0.1, 0.15) is 11.1 Å². The van der Waals surface area contributed by atoms with E-state index in [1.807, 2.05) is 30.3 Å². The molecule has 2 aromatic carbocycles. The van der Waals surface area contributed by atoms with E-state index >= 15 is 0 Å². The van der Waals surface area contributed by atoms with Gasteiger partial charge in [-0.05, 0) is 36.7 Å². The van der Waals surface area contributed by atoms with E-state index in [9.17, 15) is 4.39 Å². The summed E-state index contributed by atoms with van der Waals surface area (Å²) in [5.41, 5.74) is 2.20. The van der Waals surface area contributed by atoms with Crippen LogP contribution in [0.4, 0.5) is 4.39 Å². The van der Waals surface area contributed by atoms with Gasteiger partial charge in [0.25, 0.3) is 0 Å². The van der Waals surface area contributed by atoms with Gasteiger partial charge in [0.05, 0.1) is 14.2 Å². The highest BCUT2D eigenvalue weighted by atomic mass is 19.1. The topological polar surface area (TPSA) is 30.5 Å². The zero-order valence-electron chi connectivity index (χ0n) is 12.4. The molecule has 0 aliphatic rings. The molecule has 0 saturated carbocycles. The lowest BCUT2D eigenvalue weighted by molar-refractivity contribution is 0.390. The van der Waals surface area contributed by atoms with Crippen LogP contribution in [0.25, 0.3) is 0 Å². The normalized spacial score (nSPS) is 10.4. The second-order valence-electron chi connectivity index (χ2n) is 4.73. The Kier molecular flexibility index (Phi) is 5.58. The fourth-order valence-electron chi connectivity index (χ4n) is 2.10. The van der Waals surface area contributed by atoms with Gasteiger partial charge in [-0.15, -0.1) is 0 Å². The van der Waals surface area contributed by atoms with Crippen molar-refractivity contribution in [2.24, 2.45) is 0 Å². The summed E-state index contributed by atoms with van der Waals surface area (Å²) in [6.07, 6.45) is 0.860. The summed E-state index contributed by atoms with van der Waals surface area (Å²) in [5.74, 6) is 1.39. The van der Waals surface area contributed by atoms with Crippen molar-refractivity contribution in [3.05, 3.63) is 59.4 Å². The van der Waals surface area contributed by atoms with Crippen molar-refractivity contribution in [3.8, 4) is 11.5 Å². The minimum Gasteiger partial charge on any atom is -0.497 e. The number of methoxy groups -OCH3 is 2. The molecule has 0 aromatic heterocycles. The van der Waals surface area contributed by atoms with Gasteiger partial charge < -0.3 is 14.8 Å². The van der Waals surface area contributed by atoms with Gasteiger partial charge in [0.2, 0.25) is 0 Å². The highest BCUT2D eigenvalue weighted by molar-refractivity contribution is 5.40. The van der Waals surface area contributed by atoms with Crippen molar-refractivity contribution >= 4 is 0 Å². The Hall–Kier alpha value is -2.07. The Bertz CT molecular complexity index is 570. The summed E-state index contributed by atoms with van der Waals surface area (Å²) in [7, 11) is 3.28. The van der Waals surface area contributed by atoms with Crippen LogP contribution in [0, 0.1) is 5.82 Å². The molecule has 2 aromatic rings. The van der Waals surface area contributed by atoms with Gasteiger partial charge in [0, 0.05) is 18.2 Å². The quantitative estimate of drug-likeness (QED) is 0.794. The van der Waals surface area contributed by atoms with Crippen molar-refractivity contribution in [3.63, 3.8) is 0 Å². The molecular formula is C17H20FNO2. The fraction of sp³-hybridized carbons (Fsp3) is 0.294. The molecular weight excluding hydrogens is 269 g/mol. The molecule has 0 spiro atoms. The first-order chi connectivity index (χ1) is 10.2. The highest BCUT2D eigenvalue weighted by Crippen LogP contribution is 2.24. The molecule has 0 atom stereocenters. The number of rotatable bonds is 7. The fourth-order valence-corrected chi connectivity index (χ4v) is 2.10. The van der Waals surface area contributed by atoms with Crippen LogP contribution < -0.4 is 14.8 Å². The van der Waals surface area contributed by atoms with E-state index in [0.717, 1.165) is 35.6 Å². The van der Waals surface area contributed by atoms with Crippen LogP contribution in [0.5, 0.6) is 11.5 Å². The molecule has 0 unspecified atom stereocenters. The van der Waals surface area contributed by atoms with Crippen molar-refractivity contribution in [1.29, 1.82) is 0 Å². The summed E-state index contributed by atoms with van der Waals surface area (Å²) < 4.78 is 23.3. The SMILES string of the molecule is COc1ccc(CNCCc2ccc(F)cc2)c(OC)c1. The van der Waals surface area contributed by atoms with E-state index < -0.39 is 0 Å². The largest absolute Gasteiger partial charge is 0.497 e. The second kappa shape index (κ2) is 7.64. The minimum absolute atomic E-state index is 0.199. The standard InChI is InChI=1S/C17H20FNO2/c1-20-16-8-5-14(17(11-16)21-2)12-19-10-9-13-3-6-15(18)7-4-13/h3-8,11,19H,9-10,12H2,1-2H3. The molecule has 0 saturated heterocycles. The summed E-state index contributed by atoms with van der Waals surface area (Å²) in [6.45, 7) is 1.54. The molecule has 112 valence electrons. The molecule has 0 bridgehead atoms. The minimum atomic E-state index is -0.199. The molecule has 1 N–H and O–H groups in total. The molecule has 21 heavy (non-hydrogen) atoms. The van der Waals surface area contributed by atoms with Crippen molar-refractivity contribution in [2.45, 2.75) is 13.0 Å². The third-order valence-electron chi connectivity index (χ3n) is 3.31. The molecule has 4 heteroatoms. The molecule has 0 heterocycles. The lowest BCUT2D eigenvalue weighted by Gasteiger charge is -2.11. The number of hydrogen-bond donors (Lipinski definition) is 1. The van der Waals surface area contributed by atoms with Crippen molar-refractivity contribution in [1.82, 2.24) is 5.32 Å². The lowest BCUT2D eigenvalue weighted by atomic mass is 10.1. The Balaban J connectivity index is 1.84. The van der Waals surface area contributed by atoms with E-state index in [0.29, 0.717) is 6.54 Å². The molecule has 0 fully saturated rings. The van der Waals surface area contributed by atoms with E-state index in [1.54, 1.807) is 14.2 Å². The predicted octanol–water partition coefficient (Wildman–Crippen LogP) is 3.18. The molecule has 0 radical (unpaired) electrons. The Morgan fingerprint density at radius 3 is 2.43 bits per heavy atom. The maximum absolute atomic E-state index is 12.8. The predicted molar refractivity (Wildman–Crippen MR) is 81.4 cm³/mol. The van der Waals surface area contributed by atoms with Gasteiger partial charge in [-0.3, -0.25) is 0 Å². The highest BCUT2D eigenvalue weighted by Gasteiger charge is 2.04. The zero-order chi connectivity index (χ0) is 15.1.